The number of aryl methyl sites for hydroxylation is 3. The molecule has 0 saturated heterocycles. The van der Waals surface area contributed by atoms with E-state index in [-0.39, 0.29) is 6.09 Å². The molecule has 1 N–H and O–H groups in total. The predicted octanol–water partition coefficient (Wildman–Crippen LogP) is 10.5. The molecule has 0 spiro atoms. The van der Waals surface area contributed by atoms with E-state index in [0.29, 0.717) is 6.54 Å². The number of nitrogens with one attached hydrogen (secondary N) is 1. The van der Waals surface area contributed by atoms with Crippen molar-refractivity contribution >= 4 is 6.09 Å². The molecule has 0 aromatic heterocycles. The summed E-state index contributed by atoms with van der Waals surface area (Å²) < 4.78 is 11.2. The Kier molecular flexibility index (Phi) is 17.3. The molecule has 2 aromatic carbocycles. The Hall–Kier alpha value is -2.49. The fourth-order valence-electron chi connectivity index (χ4n) is 5.40. The molecular formula is C37H59NO3. The van der Waals surface area contributed by atoms with Crippen LogP contribution in [0.5, 0.6) is 5.75 Å². The summed E-state index contributed by atoms with van der Waals surface area (Å²) >= 11 is 0. The molecule has 0 aliphatic rings. The maximum absolute atomic E-state index is 12.1. The number of benzene rings is 2. The maximum atomic E-state index is 12.1. The molecule has 0 atom stereocenters. The van der Waals surface area contributed by atoms with Crippen molar-refractivity contribution in [1.29, 1.82) is 0 Å². The monoisotopic (exact) mass is 565 g/mol. The molecule has 2 rings (SSSR count). The van der Waals surface area contributed by atoms with Crippen LogP contribution >= 0.6 is 0 Å². The van der Waals surface area contributed by atoms with E-state index in [4.69, 9.17) is 9.47 Å². The van der Waals surface area contributed by atoms with Crippen molar-refractivity contribution in [3.8, 4) is 5.75 Å². The summed E-state index contributed by atoms with van der Waals surface area (Å²) in [5.41, 5.74) is 4.47. The Morgan fingerprint density at radius 1 is 0.683 bits per heavy atom. The number of hydrogen-bond donors (Lipinski definition) is 1. The summed E-state index contributed by atoms with van der Waals surface area (Å²) in [4.78, 5) is 12.1. The zero-order valence-electron chi connectivity index (χ0n) is 27.0. The van der Waals surface area contributed by atoms with Gasteiger partial charge in [0.2, 0.25) is 0 Å². The Labute approximate surface area is 252 Å². The molecule has 0 aliphatic heterocycles. The lowest BCUT2D eigenvalue weighted by atomic mass is 9.97. The van der Waals surface area contributed by atoms with Crippen molar-refractivity contribution < 1.29 is 14.3 Å². The third-order valence-corrected chi connectivity index (χ3v) is 7.77. The van der Waals surface area contributed by atoms with Gasteiger partial charge in [-0.15, -0.1) is 0 Å². The van der Waals surface area contributed by atoms with Crippen LogP contribution in [0.3, 0.4) is 0 Å². The topological polar surface area (TPSA) is 47.6 Å². The highest BCUT2D eigenvalue weighted by molar-refractivity contribution is 5.67. The van der Waals surface area contributed by atoms with Crippen molar-refractivity contribution in [3.05, 3.63) is 64.7 Å². The van der Waals surface area contributed by atoms with Crippen molar-refractivity contribution in [3.63, 3.8) is 0 Å². The predicted molar refractivity (Wildman–Crippen MR) is 174 cm³/mol. The fraction of sp³-hybridized carbons (Fsp3) is 0.649. The van der Waals surface area contributed by atoms with Crippen molar-refractivity contribution in [2.75, 3.05) is 7.11 Å². The van der Waals surface area contributed by atoms with Crippen LogP contribution in [0, 0.1) is 0 Å². The van der Waals surface area contributed by atoms with Gasteiger partial charge in [-0.05, 0) is 74.8 Å². The van der Waals surface area contributed by atoms with Gasteiger partial charge in [0.05, 0.1) is 7.11 Å². The molecule has 0 heterocycles. The highest BCUT2D eigenvalue weighted by Crippen LogP contribution is 2.24. The minimum absolute atomic E-state index is 0.383. The molecule has 0 aliphatic carbocycles. The highest BCUT2D eigenvalue weighted by atomic mass is 16.6. The summed E-state index contributed by atoms with van der Waals surface area (Å²) in [7, 11) is 1.78. The van der Waals surface area contributed by atoms with Crippen LogP contribution in [0.1, 0.15) is 140 Å². The number of alkyl carbamates (subject to hydrolysis) is 1. The molecular weight excluding hydrogens is 506 g/mol. The molecule has 0 saturated carbocycles. The number of ether oxygens (including phenoxy) is 2. The van der Waals surface area contributed by atoms with Gasteiger partial charge in [0.25, 0.3) is 0 Å². The smallest absolute Gasteiger partial charge is 0.407 e. The molecule has 0 unspecified atom stereocenters. The second-order valence-corrected chi connectivity index (χ2v) is 12.6. The van der Waals surface area contributed by atoms with Gasteiger partial charge in [0, 0.05) is 6.54 Å². The van der Waals surface area contributed by atoms with E-state index in [1.165, 1.54) is 107 Å². The second-order valence-electron chi connectivity index (χ2n) is 12.6. The van der Waals surface area contributed by atoms with Crippen LogP contribution in [0.25, 0.3) is 0 Å². The van der Waals surface area contributed by atoms with Gasteiger partial charge in [0.1, 0.15) is 11.4 Å². The first kappa shape index (κ1) is 34.7. The first-order valence-corrected chi connectivity index (χ1v) is 16.5. The van der Waals surface area contributed by atoms with Crippen LogP contribution in [0.4, 0.5) is 4.79 Å². The van der Waals surface area contributed by atoms with E-state index in [2.05, 4.69) is 48.6 Å². The molecule has 4 nitrogen and oxygen atoms in total. The largest absolute Gasteiger partial charge is 0.496 e. The third-order valence-electron chi connectivity index (χ3n) is 7.77. The van der Waals surface area contributed by atoms with E-state index in [9.17, 15) is 4.79 Å². The Bertz CT molecular complexity index is 978. The number of methoxy groups -OCH3 is 1. The summed E-state index contributed by atoms with van der Waals surface area (Å²) in [6.07, 6.45) is 21.9. The Balaban J connectivity index is 1.67. The van der Waals surface area contributed by atoms with Gasteiger partial charge < -0.3 is 14.8 Å². The Morgan fingerprint density at radius 2 is 1.24 bits per heavy atom. The molecule has 0 bridgehead atoms. The quantitative estimate of drug-likeness (QED) is 0.153. The zero-order valence-corrected chi connectivity index (χ0v) is 27.0. The highest BCUT2D eigenvalue weighted by Gasteiger charge is 2.16. The minimum Gasteiger partial charge on any atom is -0.496 e. The van der Waals surface area contributed by atoms with Crippen LogP contribution in [-0.4, -0.2) is 18.8 Å². The summed E-state index contributed by atoms with van der Waals surface area (Å²) in [6, 6.07) is 15.0. The van der Waals surface area contributed by atoms with Crippen molar-refractivity contribution in [2.24, 2.45) is 0 Å². The molecule has 4 heteroatoms. The maximum Gasteiger partial charge on any atom is 0.407 e. The number of rotatable bonds is 21. The lowest BCUT2D eigenvalue weighted by Crippen LogP contribution is -2.32. The lowest BCUT2D eigenvalue weighted by Gasteiger charge is -2.20. The fourth-order valence-corrected chi connectivity index (χ4v) is 5.40. The number of amides is 1. The van der Waals surface area contributed by atoms with Gasteiger partial charge in [-0.3, -0.25) is 0 Å². The van der Waals surface area contributed by atoms with Gasteiger partial charge >= 0.3 is 6.09 Å². The molecule has 0 radical (unpaired) electrons. The number of carbonyl (C=O) groups excluding carboxylic acids is 1. The first-order chi connectivity index (χ1) is 19.8. The number of carbonyl (C=O) groups is 1. The van der Waals surface area contributed by atoms with Gasteiger partial charge in [-0.1, -0.05) is 127 Å². The average Bonchev–Trinajstić information content (AvgIpc) is 2.95. The number of unbranched alkanes of at least 4 members (excludes halogenated alkanes) is 13. The molecule has 0 fully saturated rings. The van der Waals surface area contributed by atoms with Gasteiger partial charge in [-0.25, -0.2) is 4.79 Å². The van der Waals surface area contributed by atoms with E-state index in [0.717, 1.165) is 30.6 Å². The summed E-state index contributed by atoms with van der Waals surface area (Å²) in [6.45, 7) is 8.38. The van der Waals surface area contributed by atoms with E-state index >= 15 is 0 Å². The van der Waals surface area contributed by atoms with Gasteiger partial charge in [0.15, 0.2) is 0 Å². The van der Waals surface area contributed by atoms with E-state index in [1.54, 1.807) is 7.11 Å². The SMILES string of the molecule is CCCCCCCCCCCCCCCCc1ccc(CCc2ccccc2CNC(=O)OC(C)(C)C)cc1OC. The normalized spacial score (nSPS) is 11.4. The Morgan fingerprint density at radius 3 is 1.80 bits per heavy atom. The van der Waals surface area contributed by atoms with Crippen molar-refractivity contribution in [2.45, 2.75) is 149 Å². The molecule has 2 aromatic rings. The first-order valence-electron chi connectivity index (χ1n) is 16.5. The minimum atomic E-state index is -0.499. The summed E-state index contributed by atoms with van der Waals surface area (Å²) in [5.74, 6) is 1.01. The van der Waals surface area contributed by atoms with E-state index in [1.807, 2.05) is 26.8 Å². The zero-order chi connectivity index (χ0) is 29.8. The van der Waals surface area contributed by atoms with Gasteiger partial charge in [-0.2, -0.15) is 0 Å². The molecule has 41 heavy (non-hydrogen) atoms. The third kappa shape index (κ3) is 15.9. The van der Waals surface area contributed by atoms with E-state index < -0.39 is 5.60 Å². The standard InChI is InChI=1S/C37H59NO3/c1-6-7-8-9-10-11-12-13-14-15-16-17-18-19-23-33-28-26-31(29-35(33)40-5)25-27-32-22-20-21-24-34(32)30-38-36(39)41-37(2,3)4/h20-22,24,26,28-29H,6-19,23,25,27,30H2,1-5H3,(H,38,39). The van der Waals surface area contributed by atoms with Crippen LogP contribution in [0.2, 0.25) is 0 Å². The summed E-state index contributed by atoms with van der Waals surface area (Å²) in [5, 5.41) is 2.89. The second kappa shape index (κ2) is 20.4. The number of hydrogen-bond acceptors (Lipinski definition) is 3. The van der Waals surface area contributed by atoms with Crippen LogP contribution in [0.15, 0.2) is 42.5 Å². The lowest BCUT2D eigenvalue weighted by molar-refractivity contribution is 0.0523. The molecule has 1 amide bonds. The molecule has 230 valence electrons. The van der Waals surface area contributed by atoms with Crippen molar-refractivity contribution in [1.82, 2.24) is 5.32 Å². The van der Waals surface area contributed by atoms with Crippen LogP contribution < -0.4 is 10.1 Å². The van der Waals surface area contributed by atoms with Crippen LogP contribution in [-0.2, 0) is 30.5 Å². The average molecular weight is 566 g/mol.